The van der Waals surface area contributed by atoms with Gasteiger partial charge in [0.2, 0.25) is 5.69 Å². The van der Waals surface area contributed by atoms with Gasteiger partial charge in [-0.25, -0.2) is 0 Å². The van der Waals surface area contributed by atoms with Crippen molar-refractivity contribution >= 4 is 45.0 Å². The topological polar surface area (TPSA) is 16.8 Å². The molecule has 464 valence electrons. The number of nitrogens with zero attached hydrogens (tertiary/aromatic N) is 5. The van der Waals surface area contributed by atoms with E-state index in [0.29, 0.717) is 0 Å². The minimum Gasteiger partial charge on any atom is -0.339 e. The van der Waals surface area contributed by atoms with Gasteiger partial charge in [-0.15, -0.1) is 0 Å². The molecule has 0 saturated heterocycles. The fourth-order valence-corrected chi connectivity index (χ4v) is 12.7. The Morgan fingerprint density at radius 3 is 0.674 bits per heavy atom. The van der Waals surface area contributed by atoms with Gasteiger partial charge in [-0.2, -0.15) is 4.57 Å². The average molecular weight is 1230 g/mol. The fraction of sp³-hybridized carbons (Fsp3) is 0.100. The highest BCUT2D eigenvalue weighted by molar-refractivity contribution is 5.84. The Morgan fingerprint density at radius 1 is 0.221 bits per heavy atom. The smallest absolute Gasteiger partial charge is 0.210 e. The first-order valence-corrected chi connectivity index (χ1v) is 33.0. The first-order valence-electron chi connectivity index (χ1n) is 33.0. The first-order chi connectivity index (χ1) is 46.6. The first kappa shape index (κ1) is 62.3. The molecule has 4 aliphatic heterocycles. The summed E-state index contributed by atoms with van der Waals surface area (Å²) in [5.74, 6) is 0. The van der Waals surface area contributed by atoms with E-state index in [4.69, 9.17) is 0 Å². The summed E-state index contributed by atoms with van der Waals surface area (Å²) in [7, 11) is 0. The standard InChI is InChI=1S/2C36H32N2.C18H16N/c2*1-27-13-17-33(18-14-27)37-23-21-31(29-9-5-3-6-10-29)25-35(37)36-26-32(30-11-7-4-8-12-30)22-24-38(36)34-19-15-28(2)16-20-34;1-15-7-9-18(10-8-15)19-13-11-17(12-14-19)16-5-3-2-4-6-16/h2*3-26,35-36H,1-2H3;2-14H,1H3/q;;+1/t35-,36+;35-,36-;/m.1./s1. The number of aryl methyl sites for hydroxylation is 5. The minimum absolute atomic E-state index is 0.0721. The lowest BCUT2D eigenvalue weighted by molar-refractivity contribution is -0.595. The zero-order chi connectivity index (χ0) is 64.9. The van der Waals surface area contributed by atoms with Crippen LogP contribution < -0.4 is 24.2 Å². The van der Waals surface area contributed by atoms with E-state index < -0.39 is 0 Å². The molecule has 0 aliphatic carbocycles. The van der Waals surface area contributed by atoms with E-state index in [1.54, 1.807) is 0 Å². The minimum atomic E-state index is 0.0721. The highest BCUT2D eigenvalue weighted by Gasteiger charge is 2.35. The van der Waals surface area contributed by atoms with Gasteiger partial charge >= 0.3 is 0 Å². The maximum Gasteiger partial charge on any atom is 0.210 e. The number of rotatable bonds is 12. The Kier molecular flexibility index (Phi) is 19.3. The lowest BCUT2D eigenvalue weighted by Crippen LogP contribution is -2.49. The molecular formula is C90H80N5+. The van der Waals surface area contributed by atoms with Gasteiger partial charge in [0.05, 0.1) is 24.2 Å². The van der Waals surface area contributed by atoms with Crippen molar-refractivity contribution in [2.24, 2.45) is 0 Å². The van der Waals surface area contributed by atoms with E-state index in [2.05, 4.69) is 424 Å². The third kappa shape index (κ3) is 15.0. The van der Waals surface area contributed by atoms with Gasteiger partial charge in [0, 0.05) is 71.8 Å². The van der Waals surface area contributed by atoms with E-state index in [1.807, 2.05) is 6.07 Å². The zero-order valence-electron chi connectivity index (χ0n) is 54.8. The summed E-state index contributed by atoms with van der Waals surface area (Å²) in [6, 6.07) is 102. The lowest BCUT2D eigenvalue weighted by Gasteiger charge is -2.42. The highest BCUT2D eigenvalue weighted by Crippen LogP contribution is 2.39. The molecule has 0 fully saturated rings. The number of hydrogen-bond donors (Lipinski definition) is 0. The van der Waals surface area contributed by atoms with E-state index in [-0.39, 0.29) is 24.2 Å². The third-order valence-electron chi connectivity index (χ3n) is 18.1. The van der Waals surface area contributed by atoms with Crippen LogP contribution in [0.1, 0.15) is 50.1 Å². The molecule has 0 amide bonds. The Morgan fingerprint density at radius 2 is 0.432 bits per heavy atom. The lowest BCUT2D eigenvalue weighted by atomic mass is 9.90. The molecule has 0 N–H and O–H groups in total. The van der Waals surface area contributed by atoms with Crippen LogP contribution in [0, 0.1) is 34.6 Å². The summed E-state index contributed by atoms with van der Waals surface area (Å²) in [5.41, 5.74) is 24.7. The molecule has 0 unspecified atom stereocenters. The quantitative estimate of drug-likeness (QED) is 0.113. The number of hydrogen-bond acceptors (Lipinski definition) is 4. The molecule has 5 heterocycles. The monoisotopic (exact) mass is 1230 g/mol. The summed E-state index contributed by atoms with van der Waals surface area (Å²) in [5, 5.41) is 0. The molecule has 0 saturated carbocycles. The maximum atomic E-state index is 2.43. The molecule has 0 spiro atoms. The van der Waals surface area contributed by atoms with Crippen LogP contribution in [0.2, 0.25) is 0 Å². The van der Waals surface area contributed by atoms with Crippen LogP contribution >= 0.6 is 0 Å². The molecule has 0 radical (unpaired) electrons. The van der Waals surface area contributed by atoms with Gasteiger partial charge in [0.1, 0.15) is 0 Å². The molecule has 95 heavy (non-hydrogen) atoms. The molecule has 15 rings (SSSR count). The summed E-state index contributed by atoms with van der Waals surface area (Å²) < 4.78 is 2.13. The molecule has 4 aliphatic rings. The second-order valence-corrected chi connectivity index (χ2v) is 24.8. The van der Waals surface area contributed by atoms with E-state index in [0.717, 1.165) is 0 Å². The van der Waals surface area contributed by atoms with Gasteiger partial charge in [-0.05, 0) is 163 Å². The Balaban J connectivity index is 0.000000136. The van der Waals surface area contributed by atoms with Crippen molar-refractivity contribution in [1.82, 2.24) is 0 Å². The predicted octanol–water partition coefficient (Wildman–Crippen LogP) is 21.1. The SMILES string of the molecule is Cc1ccc(-[n+]2ccc(-c3ccccc3)cc2)cc1.Cc1ccc(N2C=CC(c3ccccc3)=C[C@@H]2[C@@H]2C=C(c3ccccc3)C=CN2c2ccc(C)cc2)cc1.Cc1ccc(N2C=CC(c3ccccc3)=C[C@@H]2[C@H]2C=C(c3ccccc3)C=CN2c2ccc(C)cc2)cc1. The van der Waals surface area contributed by atoms with Crippen LogP contribution in [0.4, 0.5) is 22.7 Å². The van der Waals surface area contributed by atoms with Gasteiger partial charge < -0.3 is 19.6 Å². The molecule has 10 aromatic carbocycles. The van der Waals surface area contributed by atoms with Crippen LogP contribution in [0.25, 0.3) is 39.1 Å². The van der Waals surface area contributed by atoms with Crippen LogP contribution in [0.5, 0.6) is 0 Å². The van der Waals surface area contributed by atoms with Crippen LogP contribution in [0.15, 0.2) is 371 Å². The molecular weight excluding hydrogens is 1150 g/mol. The summed E-state index contributed by atoms with van der Waals surface area (Å²) in [4.78, 5) is 9.65. The zero-order valence-corrected chi connectivity index (χ0v) is 54.8. The molecule has 5 heteroatoms. The Labute approximate surface area is 562 Å². The number of aromatic nitrogens is 1. The number of allylic oxidation sites excluding steroid dienone is 8. The molecule has 11 aromatic rings. The molecule has 1 aromatic heterocycles. The van der Waals surface area contributed by atoms with Crippen molar-refractivity contribution in [3.63, 3.8) is 0 Å². The van der Waals surface area contributed by atoms with Crippen LogP contribution in [-0.2, 0) is 0 Å². The van der Waals surface area contributed by atoms with E-state index >= 15 is 0 Å². The van der Waals surface area contributed by atoms with Crippen molar-refractivity contribution in [3.8, 4) is 16.8 Å². The normalized spacial score (nSPS) is 17.1. The largest absolute Gasteiger partial charge is 0.339 e. The van der Waals surface area contributed by atoms with Gasteiger partial charge in [0.25, 0.3) is 0 Å². The predicted molar refractivity (Wildman–Crippen MR) is 402 cm³/mol. The number of anilines is 4. The van der Waals surface area contributed by atoms with Crippen molar-refractivity contribution < 1.29 is 4.57 Å². The summed E-state index contributed by atoms with van der Waals surface area (Å²) in [6.45, 7) is 10.7. The van der Waals surface area contributed by atoms with E-state index in [1.165, 1.54) is 112 Å². The molecule has 0 bridgehead atoms. The van der Waals surface area contributed by atoms with Crippen LogP contribution in [-0.4, -0.2) is 24.2 Å². The van der Waals surface area contributed by atoms with Gasteiger partial charge in [0.15, 0.2) is 12.4 Å². The van der Waals surface area contributed by atoms with Crippen molar-refractivity contribution in [2.45, 2.75) is 58.8 Å². The number of benzene rings is 10. The third-order valence-corrected chi connectivity index (χ3v) is 18.1. The van der Waals surface area contributed by atoms with Crippen molar-refractivity contribution in [1.29, 1.82) is 0 Å². The highest BCUT2D eigenvalue weighted by atomic mass is 15.3. The Hall–Kier alpha value is -11.5. The summed E-state index contributed by atoms with van der Waals surface area (Å²) >= 11 is 0. The molecule has 5 nitrogen and oxygen atoms in total. The Bertz CT molecular complexity index is 4110. The second kappa shape index (κ2) is 29.4. The second-order valence-electron chi connectivity index (χ2n) is 24.8. The van der Waals surface area contributed by atoms with E-state index in [9.17, 15) is 0 Å². The average Bonchev–Trinajstić information content (AvgIpc) is 0.794. The maximum absolute atomic E-state index is 2.43. The number of pyridine rings is 1. The van der Waals surface area contributed by atoms with Gasteiger partial charge in [-0.1, -0.05) is 264 Å². The summed E-state index contributed by atoms with van der Waals surface area (Å²) in [6.07, 6.45) is 31.9. The molecule has 4 atom stereocenters. The van der Waals surface area contributed by atoms with Gasteiger partial charge in [-0.3, -0.25) is 0 Å². The van der Waals surface area contributed by atoms with Crippen molar-refractivity contribution in [3.05, 3.63) is 421 Å². The fourth-order valence-electron chi connectivity index (χ4n) is 12.7. The van der Waals surface area contributed by atoms with Crippen LogP contribution in [0.3, 0.4) is 0 Å². The van der Waals surface area contributed by atoms with Crippen molar-refractivity contribution in [2.75, 3.05) is 19.6 Å².